The molecule has 2 N–H and O–H groups in total. The van der Waals surface area contributed by atoms with Crippen molar-refractivity contribution >= 4 is 12.0 Å². The monoisotopic (exact) mass is 374 g/mol. The summed E-state index contributed by atoms with van der Waals surface area (Å²) in [6.07, 6.45) is 5.85. The van der Waals surface area contributed by atoms with Crippen LogP contribution in [0.3, 0.4) is 0 Å². The average molecular weight is 374 g/mol. The average Bonchev–Trinajstić information content (AvgIpc) is 2.67. The van der Waals surface area contributed by atoms with Crippen molar-refractivity contribution in [2.24, 2.45) is 0 Å². The number of ether oxygens (including phenoxy) is 2. The number of methoxy groups -OCH3 is 1. The van der Waals surface area contributed by atoms with E-state index in [1.807, 2.05) is 31.2 Å². The highest BCUT2D eigenvalue weighted by atomic mass is 16.5. The van der Waals surface area contributed by atoms with Crippen molar-refractivity contribution in [2.75, 3.05) is 13.7 Å². The summed E-state index contributed by atoms with van der Waals surface area (Å²) in [7, 11) is 1.35. The van der Waals surface area contributed by atoms with Crippen LogP contribution in [-0.4, -0.2) is 25.7 Å². The highest BCUT2D eigenvalue weighted by Gasteiger charge is 2.34. The summed E-state index contributed by atoms with van der Waals surface area (Å²) in [5, 5.41) is 5.60. The number of urea groups is 1. The van der Waals surface area contributed by atoms with E-state index in [9.17, 15) is 9.59 Å². The number of benzene rings is 1. The molecule has 2 amide bonds. The fraction of sp³-hybridized carbons (Fsp3) is 0.524. The normalized spacial score (nSPS) is 16.6. The first-order valence-electron chi connectivity index (χ1n) is 9.72. The molecule has 1 heterocycles. The van der Waals surface area contributed by atoms with E-state index in [0.29, 0.717) is 30.0 Å². The van der Waals surface area contributed by atoms with Gasteiger partial charge in [-0.15, -0.1) is 0 Å². The molecule has 1 aromatic rings. The third kappa shape index (κ3) is 5.49. The summed E-state index contributed by atoms with van der Waals surface area (Å²) >= 11 is 0. The zero-order valence-electron chi connectivity index (χ0n) is 16.5. The first kappa shape index (κ1) is 20.8. The minimum Gasteiger partial charge on any atom is -0.493 e. The van der Waals surface area contributed by atoms with Crippen LogP contribution in [0.15, 0.2) is 35.5 Å². The first-order chi connectivity index (χ1) is 13.1. The molecule has 1 atom stereocenters. The summed E-state index contributed by atoms with van der Waals surface area (Å²) in [4.78, 5) is 24.7. The maximum absolute atomic E-state index is 12.5. The van der Waals surface area contributed by atoms with Gasteiger partial charge in [-0.1, -0.05) is 57.7 Å². The van der Waals surface area contributed by atoms with E-state index in [2.05, 4.69) is 17.6 Å². The minimum atomic E-state index is -0.598. The van der Waals surface area contributed by atoms with Crippen LogP contribution in [0.25, 0.3) is 0 Å². The highest BCUT2D eigenvalue weighted by Crippen LogP contribution is 2.34. The first-order valence-corrected chi connectivity index (χ1v) is 9.72. The minimum absolute atomic E-state index is 0.325. The molecular formula is C21H30N2O4. The van der Waals surface area contributed by atoms with E-state index in [0.717, 1.165) is 24.8 Å². The van der Waals surface area contributed by atoms with Crippen molar-refractivity contribution in [3.63, 3.8) is 0 Å². The van der Waals surface area contributed by atoms with Crippen molar-refractivity contribution in [2.45, 2.75) is 58.4 Å². The molecule has 1 aliphatic heterocycles. The van der Waals surface area contributed by atoms with Crippen molar-refractivity contribution in [1.82, 2.24) is 10.6 Å². The molecule has 0 fully saturated rings. The Labute approximate surface area is 161 Å². The molecule has 0 aromatic heterocycles. The van der Waals surface area contributed by atoms with Gasteiger partial charge in [0, 0.05) is 11.3 Å². The summed E-state index contributed by atoms with van der Waals surface area (Å²) in [6, 6.07) is 6.60. The van der Waals surface area contributed by atoms with Crippen LogP contribution in [0.4, 0.5) is 4.79 Å². The molecule has 0 radical (unpaired) electrons. The molecule has 6 heteroatoms. The topological polar surface area (TPSA) is 76.7 Å². The molecule has 1 aromatic carbocycles. The lowest BCUT2D eigenvalue weighted by Gasteiger charge is -2.30. The second-order valence-electron chi connectivity index (χ2n) is 6.61. The van der Waals surface area contributed by atoms with Crippen molar-refractivity contribution in [3.8, 4) is 5.75 Å². The van der Waals surface area contributed by atoms with Crippen LogP contribution in [0.5, 0.6) is 5.75 Å². The number of allylic oxidation sites excluding steroid dienone is 1. The van der Waals surface area contributed by atoms with Gasteiger partial charge in [-0.2, -0.15) is 0 Å². The summed E-state index contributed by atoms with van der Waals surface area (Å²) < 4.78 is 11.0. The van der Waals surface area contributed by atoms with Crippen LogP contribution in [0, 0.1) is 0 Å². The Morgan fingerprint density at radius 3 is 2.59 bits per heavy atom. The Kier molecular flexibility index (Phi) is 8.17. The van der Waals surface area contributed by atoms with E-state index in [1.165, 1.54) is 20.0 Å². The predicted molar refractivity (Wildman–Crippen MR) is 104 cm³/mol. The number of amides is 2. The van der Waals surface area contributed by atoms with E-state index in [-0.39, 0.29) is 6.03 Å². The Hall–Kier alpha value is -2.50. The van der Waals surface area contributed by atoms with Gasteiger partial charge >= 0.3 is 12.0 Å². The quantitative estimate of drug-likeness (QED) is 0.475. The van der Waals surface area contributed by atoms with Crippen LogP contribution < -0.4 is 15.4 Å². The van der Waals surface area contributed by atoms with Crippen LogP contribution in [0.1, 0.15) is 64.0 Å². The van der Waals surface area contributed by atoms with Gasteiger partial charge in [-0.3, -0.25) is 0 Å². The molecule has 148 valence electrons. The Bertz CT molecular complexity index is 685. The second-order valence-corrected chi connectivity index (χ2v) is 6.61. The van der Waals surface area contributed by atoms with Gasteiger partial charge in [0.05, 0.1) is 25.3 Å². The molecular weight excluding hydrogens is 344 g/mol. The Morgan fingerprint density at radius 2 is 1.89 bits per heavy atom. The fourth-order valence-electron chi connectivity index (χ4n) is 3.21. The number of carbonyl (C=O) groups is 2. The number of hydrogen-bond donors (Lipinski definition) is 2. The number of hydrogen-bond acceptors (Lipinski definition) is 4. The SMILES string of the molecule is CCCCCCOc1ccccc1C1NC(=O)NC(CCC)=C1C(=O)OC. The van der Waals surface area contributed by atoms with Crippen LogP contribution >= 0.6 is 0 Å². The van der Waals surface area contributed by atoms with Crippen LogP contribution in [0.2, 0.25) is 0 Å². The molecule has 1 aliphatic rings. The number of unbranched alkanes of at least 4 members (excludes halogenated alkanes) is 3. The molecule has 0 bridgehead atoms. The standard InChI is InChI=1S/C21H30N2O4/c1-4-6-7-10-14-27-17-13-9-8-12-15(17)19-18(20(24)26-3)16(11-5-2)22-21(25)23-19/h8-9,12-13,19H,4-7,10-11,14H2,1-3H3,(H2,22,23,25). The smallest absolute Gasteiger partial charge is 0.337 e. The maximum atomic E-state index is 12.5. The van der Waals surface area contributed by atoms with Crippen LogP contribution in [-0.2, 0) is 9.53 Å². The van der Waals surface area contributed by atoms with Gasteiger partial charge in [0.1, 0.15) is 5.75 Å². The molecule has 6 nitrogen and oxygen atoms in total. The van der Waals surface area contributed by atoms with Gasteiger partial charge in [-0.25, -0.2) is 9.59 Å². The molecule has 0 aliphatic carbocycles. The fourth-order valence-corrected chi connectivity index (χ4v) is 3.21. The van der Waals surface area contributed by atoms with E-state index >= 15 is 0 Å². The largest absolute Gasteiger partial charge is 0.493 e. The second kappa shape index (κ2) is 10.6. The van der Waals surface area contributed by atoms with Gasteiger partial charge in [0.2, 0.25) is 0 Å². The molecule has 27 heavy (non-hydrogen) atoms. The number of para-hydroxylation sites is 1. The zero-order chi connectivity index (χ0) is 19.6. The number of carbonyl (C=O) groups excluding carboxylic acids is 2. The lowest BCUT2D eigenvalue weighted by molar-refractivity contribution is -0.136. The summed E-state index contributed by atoms with van der Waals surface area (Å²) in [5.74, 6) is 0.229. The molecule has 1 unspecified atom stereocenters. The number of rotatable bonds is 10. The molecule has 0 spiro atoms. The zero-order valence-corrected chi connectivity index (χ0v) is 16.5. The van der Waals surface area contributed by atoms with Gasteiger partial charge < -0.3 is 20.1 Å². The Balaban J connectivity index is 2.32. The molecule has 0 saturated carbocycles. The van der Waals surface area contributed by atoms with Crippen molar-refractivity contribution in [1.29, 1.82) is 0 Å². The van der Waals surface area contributed by atoms with E-state index < -0.39 is 12.0 Å². The van der Waals surface area contributed by atoms with Gasteiger partial charge in [0.15, 0.2) is 0 Å². The maximum Gasteiger partial charge on any atom is 0.337 e. The third-order valence-corrected chi connectivity index (χ3v) is 4.54. The van der Waals surface area contributed by atoms with Crippen molar-refractivity contribution in [3.05, 3.63) is 41.1 Å². The molecule has 2 rings (SSSR count). The highest BCUT2D eigenvalue weighted by molar-refractivity contribution is 5.95. The molecule has 0 saturated heterocycles. The third-order valence-electron chi connectivity index (χ3n) is 4.54. The Morgan fingerprint density at radius 1 is 1.11 bits per heavy atom. The lowest BCUT2D eigenvalue weighted by atomic mass is 9.93. The number of nitrogens with one attached hydrogen (secondary N) is 2. The predicted octanol–water partition coefficient (Wildman–Crippen LogP) is 4.23. The lowest BCUT2D eigenvalue weighted by Crippen LogP contribution is -2.46. The van der Waals surface area contributed by atoms with E-state index in [1.54, 1.807) is 0 Å². The van der Waals surface area contributed by atoms with E-state index in [4.69, 9.17) is 9.47 Å². The summed E-state index contributed by atoms with van der Waals surface area (Å²) in [5.41, 5.74) is 1.80. The van der Waals surface area contributed by atoms with Crippen molar-refractivity contribution < 1.29 is 19.1 Å². The number of esters is 1. The van der Waals surface area contributed by atoms with Gasteiger partial charge in [-0.05, 0) is 18.9 Å². The van der Waals surface area contributed by atoms with Gasteiger partial charge in [0.25, 0.3) is 0 Å². The summed E-state index contributed by atoms with van der Waals surface area (Å²) in [6.45, 7) is 4.78.